The molecule has 3 aromatic rings. The maximum atomic E-state index is 12.9. The maximum Gasteiger partial charge on any atom is 0.237 e. The summed E-state index contributed by atoms with van der Waals surface area (Å²) >= 11 is 3.18. The van der Waals surface area contributed by atoms with Gasteiger partial charge in [0.1, 0.15) is 5.82 Å². The van der Waals surface area contributed by atoms with Crippen LogP contribution >= 0.6 is 23.1 Å². The number of amides is 1. The molecule has 1 aliphatic rings. The minimum Gasteiger partial charge on any atom is -0.325 e. The summed E-state index contributed by atoms with van der Waals surface area (Å²) in [5.74, 6) is 0.833. The summed E-state index contributed by atoms with van der Waals surface area (Å²) in [6, 6.07) is 11.6. The highest BCUT2D eigenvalue weighted by molar-refractivity contribution is 8.00. The Balaban J connectivity index is 1.51. The first-order chi connectivity index (χ1) is 15.5. The highest BCUT2D eigenvalue weighted by Crippen LogP contribution is 2.34. The van der Waals surface area contributed by atoms with E-state index in [9.17, 15) is 9.59 Å². The van der Waals surface area contributed by atoms with E-state index in [4.69, 9.17) is 0 Å². The highest BCUT2D eigenvalue weighted by Gasteiger charge is 2.26. The molecule has 0 spiro atoms. The van der Waals surface area contributed by atoms with Gasteiger partial charge in [0.25, 0.3) is 0 Å². The van der Waals surface area contributed by atoms with Gasteiger partial charge in [-0.05, 0) is 50.3 Å². The highest BCUT2D eigenvalue weighted by atomic mass is 32.2. The molecular weight excluding hydrogens is 440 g/mol. The van der Waals surface area contributed by atoms with Crippen molar-refractivity contribution in [3.05, 3.63) is 58.0 Å². The van der Waals surface area contributed by atoms with Crippen molar-refractivity contribution in [3.8, 4) is 0 Å². The lowest BCUT2D eigenvalue weighted by Crippen LogP contribution is -2.24. The summed E-state index contributed by atoms with van der Waals surface area (Å²) in [6.07, 6.45) is 6.73. The molecule has 0 saturated heterocycles. The second kappa shape index (κ2) is 10.4. The van der Waals surface area contributed by atoms with Crippen molar-refractivity contribution in [2.24, 2.45) is 0 Å². The molecule has 0 radical (unpaired) electrons. The number of hydrogen-bond donors (Lipinski definition) is 1. The number of rotatable bonds is 8. The Morgan fingerprint density at radius 3 is 2.72 bits per heavy atom. The van der Waals surface area contributed by atoms with Crippen LogP contribution in [0.25, 0.3) is 0 Å². The molecule has 168 valence electrons. The van der Waals surface area contributed by atoms with Crippen LogP contribution in [0.1, 0.15) is 73.1 Å². The molecule has 0 aliphatic heterocycles. The normalized spacial score (nSPS) is 15.4. The van der Waals surface area contributed by atoms with Crippen LogP contribution in [0.4, 0.5) is 5.69 Å². The van der Waals surface area contributed by atoms with Gasteiger partial charge in [-0.15, -0.1) is 21.5 Å². The Morgan fingerprint density at radius 2 is 2.00 bits per heavy atom. The fraction of sp³-hybridized carbons (Fsp3) is 0.417. The third kappa shape index (κ3) is 5.48. The minimum atomic E-state index is -0.350. The van der Waals surface area contributed by atoms with Gasteiger partial charge in [0, 0.05) is 28.6 Å². The second-order valence-electron chi connectivity index (χ2n) is 8.20. The molecule has 1 atom stereocenters. The number of carbonyl (C=O) groups is 2. The number of ketones is 1. The summed E-state index contributed by atoms with van der Waals surface area (Å²) in [4.78, 5) is 25.8. The number of Topliss-reactive ketones (excluding diaryl/α,β-unsaturated/α-hetero) is 1. The molecule has 2 aromatic heterocycles. The van der Waals surface area contributed by atoms with E-state index in [0.717, 1.165) is 30.2 Å². The number of anilines is 1. The van der Waals surface area contributed by atoms with E-state index in [2.05, 4.69) is 37.6 Å². The number of thioether (sulfide) groups is 1. The van der Waals surface area contributed by atoms with Crippen molar-refractivity contribution in [1.82, 2.24) is 14.8 Å². The first kappa shape index (κ1) is 22.7. The summed E-state index contributed by atoms with van der Waals surface area (Å²) < 4.78 is 2.28. The SMILES string of the molecule is CC(=O)c1cccc(NC(=O)[C@H](C)Sc2nnc(Cc3cccs3)n2C2CCCCC2)c1. The third-order valence-electron chi connectivity index (χ3n) is 5.78. The molecule has 6 nitrogen and oxygen atoms in total. The Kier molecular flexibility index (Phi) is 7.42. The third-order valence-corrected chi connectivity index (χ3v) is 7.71. The zero-order chi connectivity index (χ0) is 22.5. The number of nitrogens with one attached hydrogen (secondary N) is 1. The van der Waals surface area contributed by atoms with E-state index in [1.807, 2.05) is 6.92 Å². The molecule has 1 fully saturated rings. The largest absolute Gasteiger partial charge is 0.325 e. The average Bonchev–Trinajstić information content (AvgIpc) is 3.45. The van der Waals surface area contributed by atoms with Gasteiger partial charge in [0.05, 0.1) is 5.25 Å². The Labute approximate surface area is 196 Å². The van der Waals surface area contributed by atoms with Crippen LogP contribution in [0.15, 0.2) is 46.9 Å². The number of benzene rings is 1. The Hall–Kier alpha value is -2.45. The van der Waals surface area contributed by atoms with Gasteiger partial charge in [-0.25, -0.2) is 0 Å². The van der Waals surface area contributed by atoms with Gasteiger partial charge >= 0.3 is 0 Å². The van der Waals surface area contributed by atoms with Crippen LogP contribution < -0.4 is 5.32 Å². The van der Waals surface area contributed by atoms with Gasteiger partial charge in [-0.2, -0.15) is 0 Å². The first-order valence-corrected chi connectivity index (χ1v) is 12.8. The second-order valence-corrected chi connectivity index (χ2v) is 10.5. The van der Waals surface area contributed by atoms with Gasteiger partial charge in [-0.1, -0.05) is 49.2 Å². The van der Waals surface area contributed by atoms with Crippen LogP contribution in [0.3, 0.4) is 0 Å². The summed E-state index contributed by atoms with van der Waals surface area (Å²) in [7, 11) is 0. The summed E-state index contributed by atoms with van der Waals surface area (Å²) in [5.41, 5.74) is 1.21. The van der Waals surface area contributed by atoms with Crippen LogP contribution in [-0.2, 0) is 11.2 Å². The van der Waals surface area contributed by atoms with E-state index in [1.165, 1.54) is 42.8 Å². The van der Waals surface area contributed by atoms with Gasteiger partial charge in [-0.3, -0.25) is 9.59 Å². The van der Waals surface area contributed by atoms with Crippen molar-refractivity contribution in [3.63, 3.8) is 0 Å². The van der Waals surface area contributed by atoms with Gasteiger partial charge in [0.15, 0.2) is 10.9 Å². The molecule has 4 rings (SSSR count). The average molecular weight is 469 g/mol. The van der Waals surface area contributed by atoms with Crippen molar-refractivity contribution < 1.29 is 9.59 Å². The number of nitrogens with zero attached hydrogens (tertiary/aromatic N) is 3. The predicted molar refractivity (Wildman–Crippen MR) is 130 cm³/mol. The summed E-state index contributed by atoms with van der Waals surface area (Å²) in [6.45, 7) is 3.40. The summed E-state index contributed by atoms with van der Waals surface area (Å²) in [5, 5.41) is 14.5. The lowest BCUT2D eigenvalue weighted by molar-refractivity contribution is -0.115. The van der Waals surface area contributed by atoms with E-state index >= 15 is 0 Å². The van der Waals surface area contributed by atoms with Crippen molar-refractivity contribution in [1.29, 1.82) is 0 Å². The fourth-order valence-electron chi connectivity index (χ4n) is 4.05. The van der Waals surface area contributed by atoms with E-state index in [0.29, 0.717) is 17.3 Å². The lowest BCUT2D eigenvalue weighted by Gasteiger charge is -2.26. The zero-order valence-corrected chi connectivity index (χ0v) is 20.0. The Bertz CT molecular complexity index is 1070. The zero-order valence-electron chi connectivity index (χ0n) is 18.4. The number of hydrogen-bond acceptors (Lipinski definition) is 6. The molecular formula is C24H28N4O2S2. The molecule has 0 bridgehead atoms. The molecule has 1 aromatic carbocycles. The monoisotopic (exact) mass is 468 g/mol. The predicted octanol–water partition coefficient (Wildman–Crippen LogP) is 5.76. The molecule has 1 aliphatic carbocycles. The number of thiophene rings is 1. The topological polar surface area (TPSA) is 76.9 Å². The first-order valence-electron chi connectivity index (χ1n) is 11.1. The van der Waals surface area contributed by atoms with E-state index < -0.39 is 0 Å². The minimum absolute atomic E-state index is 0.0256. The molecule has 0 unspecified atom stereocenters. The smallest absolute Gasteiger partial charge is 0.237 e. The maximum absolute atomic E-state index is 12.9. The quantitative estimate of drug-likeness (QED) is 0.336. The standard InChI is InChI=1S/C24H28N4O2S2/c1-16(29)18-8-6-9-19(14-18)25-23(30)17(2)32-24-27-26-22(15-21-12-7-13-31-21)28(24)20-10-4-3-5-11-20/h6-9,12-14,17,20H,3-5,10-11,15H2,1-2H3,(H,25,30)/t17-/m0/s1. The van der Waals surface area contributed by atoms with Crippen molar-refractivity contribution >= 4 is 40.5 Å². The van der Waals surface area contributed by atoms with Crippen LogP contribution in [0.2, 0.25) is 0 Å². The Morgan fingerprint density at radius 1 is 1.19 bits per heavy atom. The van der Waals surface area contributed by atoms with Crippen LogP contribution in [-0.4, -0.2) is 31.7 Å². The van der Waals surface area contributed by atoms with Crippen LogP contribution in [0, 0.1) is 0 Å². The number of carbonyl (C=O) groups excluding carboxylic acids is 2. The molecule has 1 N–H and O–H groups in total. The lowest BCUT2D eigenvalue weighted by atomic mass is 9.95. The molecule has 8 heteroatoms. The molecule has 32 heavy (non-hydrogen) atoms. The van der Waals surface area contributed by atoms with Crippen molar-refractivity contribution in [2.75, 3.05) is 5.32 Å². The molecule has 1 saturated carbocycles. The van der Waals surface area contributed by atoms with Crippen molar-refractivity contribution in [2.45, 2.75) is 68.8 Å². The van der Waals surface area contributed by atoms with Gasteiger partial charge in [0.2, 0.25) is 5.91 Å². The van der Waals surface area contributed by atoms with Gasteiger partial charge < -0.3 is 9.88 Å². The van der Waals surface area contributed by atoms with E-state index in [-0.39, 0.29) is 16.9 Å². The fourth-order valence-corrected chi connectivity index (χ4v) is 5.69. The van der Waals surface area contributed by atoms with Crippen LogP contribution in [0.5, 0.6) is 0 Å². The molecule has 2 heterocycles. The van der Waals surface area contributed by atoms with E-state index in [1.54, 1.807) is 35.6 Å². The molecule has 1 amide bonds. The number of aromatic nitrogens is 3.